The second-order valence-electron chi connectivity index (χ2n) is 16.4. The van der Waals surface area contributed by atoms with Crippen LogP contribution in [0.3, 0.4) is 0 Å². The van der Waals surface area contributed by atoms with Crippen molar-refractivity contribution in [1.82, 2.24) is 0 Å². The lowest BCUT2D eigenvalue weighted by Crippen LogP contribution is -1.86. The summed E-state index contributed by atoms with van der Waals surface area (Å²) in [5.74, 6) is 0. The first-order chi connectivity index (χ1) is 27.5. The lowest BCUT2D eigenvalue weighted by molar-refractivity contribution is 0.556. The highest BCUT2D eigenvalue weighted by molar-refractivity contribution is 7.29. The molecule has 0 saturated carbocycles. The molecule has 0 aliphatic heterocycles. The summed E-state index contributed by atoms with van der Waals surface area (Å²) in [5.41, 5.74) is 6.07. The van der Waals surface area contributed by atoms with Crippen LogP contribution in [-0.2, 0) is 12.8 Å². The highest BCUT2D eigenvalue weighted by Crippen LogP contribution is 2.48. The van der Waals surface area contributed by atoms with Gasteiger partial charge in [0.25, 0.3) is 0 Å². The lowest BCUT2D eigenvalue weighted by Gasteiger charge is -2.04. The van der Waals surface area contributed by atoms with Gasteiger partial charge in [0.2, 0.25) is 0 Å². The Hall–Kier alpha value is -2.02. The van der Waals surface area contributed by atoms with Gasteiger partial charge in [-0.15, -0.1) is 56.7 Å². The van der Waals surface area contributed by atoms with Crippen molar-refractivity contribution in [3.63, 3.8) is 0 Å². The SMILES string of the molecule is CCCCCCCCCCCCc1cc(C)sc1-c1ccc(-c2ccc(-c3sc(-c4ccc(C5=CC=C(C)C5)s4)cc3CCCCCCCCCCCC)s2)s1. The van der Waals surface area contributed by atoms with E-state index in [2.05, 4.69) is 88.4 Å². The van der Waals surface area contributed by atoms with Gasteiger partial charge in [-0.05, 0) is 111 Å². The molecule has 1 aliphatic rings. The molecule has 5 heteroatoms. The van der Waals surface area contributed by atoms with Gasteiger partial charge >= 0.3 is 0 Å². The Labute approximate surface area is 361 Å². The van der Waals surface area contributed by atoms with E-state index in [1.165, 1.54) is 201 Å². The predicted octanol–water partition coefficient (Wildman–Crippen LogP) is 19.6. The first kappa shape index (κ1) is 43.6. The van der Waals surface area contributed by atoms with Crippen molar-refractivity contribution in [1.29, 1.82) is 0 Å². The van der Waals surface area contributed by atoms with Crippen LogP contribution in [0.2, 0.25) is 0 Å². The Bertz CT molecular complexity index is 1950. The second kappa shape index (κ2) is 23.5. The summed E-state index contributed by atoms with van der Waals surface area (Å²) in [7, 11) is 0. The Morgan fingerprint density at radius 2 is 0.804 bits per heavy atom. The van der Waals surface area contributed by atoms with E-state index in [1.54, 1.807) is 11.1 Å². The van der Waals surface area contributed by atoms with Crippen molar-refractivity contribution < 1.29 is 0 Å². The van der Waals surface area contributed by atoms with Gasteiger partial charge in [0.05, 0.1) is 0 Å². The number of unbranched alkanes of at least 4 members (excludes halogenated alkanes) is 18. The first-order valence-corrected chi connectivity index (χ1v) is 26.5. The van der Waals surface area contributed by atoms with Crippen LogP contribution in [-0.4, -0.2) is 0 Å². The highest BCUT2D eigenvalue weighted by atomic mass is 32.1. The van der Waals surface area contributed by atoms with E-state index in [1.807, 2.05) is 56.7 Å². The van der Waals surface area contributed by atoms with Crippen molar-refractivity contribution >= 4 is 62.3 Å². The zero-order valence-electron chi connectivity index (χ0n) is 35.1. The molecule has 302 valence electrons. The quantitative estimate of drug-likeness (QED) is 0.0462. The van der Waals surface area contributed by atoms with Crippen molar-refractivity contribution in [2.24, 2.45) is 0 Å². The van der Waals surface area contributed by atoms with Gasteiger partial charge < -0.3 is 0 Å². The molecule has 0 aromatic carbocycles. The minimum atomic E-state index is 1.09. The molecule has 0 nitrogen and oxygen atoms in total. The maximum absolute atomic E-state index is 2.55. The number of thiophene rings is 5. The second-order valence-corrected chi connectivity index (χ2v) is 22.0. The minimum Gasteiger partial charge on any atom is -0.139 e. The van der Waals surface area contributed by atoms with Crippen molar-refractivity contribution in [2.75, 3.05) is 0 Å². The average molecular weight is 841 g/mol. The monoisotopic (exact) mass is 840 g/mol. The number of aryl methyl sites for hydroxylation is 3. The van der Waals surface area contributed by atoms with E-state index in [9.17, 15) is 0 Å². The van der Waals surface area contributed by atoms with Crippen LogP contribution in [0.4, 0.5) is 0 Å². The number of hydrogen-bond acceptors (Lipinski definition) is 5. The van der Waals surface area contributed by atoms with E-state index in [-0.39, 0.29) is 0 Å². The van der Waals surface area contributed by atoms with Crippen LogP contribution in [0, 0.1) is 6.92 Å². The standard InChI is InChI=1S/C51H68S5/c1-5-7-9-11-13-15-17-19-21-23-25-41-36-39(4)52-50(41)47-33-31-44(54-47)45-32-34-48(55-45)51-42(26-24-22-20-18-16-14-12-10-8-6-2)37-49(56-51)46-30-29-43(53-46)40-28-27-38(3)35-40/h27-34,36-37H,5-26,35H2,1-4H3. The van der Waals surface area contributed by atoms with Crippen LogP contribution in [0.5, 0.6) is 0 Å². The Morgan fingerprint density at radius 3 is 1.30 bits per heavy atom. The Balaban J connectivity index is 1.09. The molecule has 0 fully saturated rings. The first-order valence-electron chi connectivity index (χ1n) is 22.4. The van der Waals surface area contributed by atoms with Crippen LogP contribution >= 0.6 is 56.7 Å². The van der Waals surface area contributed by atoms with Gasteiger partial charge in [-0.3, -0.25) is 0 Å². The summed E-state index contributed by atoms with van der Waals surface area (Å²) in [6, 6.07) is 19.4. The van der Waals surface area contributed by atoms with Crippen LogP contribution in [0.15, 0.2) is 66.3 Å². The number of allylic oxidation sites excluding steroid dienone is 4. The third-order valence-electron chi connectivity index (χ3n) is 11.4. The predicted molar refractivity (Wildman–Crippen MR) is 260 cm³/mol. The molecule has 0 saturated heterocycles. The number of hydrogen-bond donors (Lipinski definition) is 0. The molecule has 0 bridgehead atoms. The van der Waals surface area contributed by atoms with Crippen LogP contribution < -0.4 is 0 Å². The van der Waals surface area contributed by atoms with Gasteiger partial charge in [-0.1, -0.05) is 147 Å². The molecule has 0 atom stereocenters. The van der Waals surface area contributed by atoms with Crippen molar-refractivity contribution in [3.05, 3.63) is 87.1 Å². The van der Waals surface area contributed by atoms with E-state index in [0.717, 1.165) is 6.42 Å². The zero-order chi connectivity index (χ0) is 39.0. The zero-order valence-corrected chi connectivity index (χ0v) is 39.2. The van der Waals surface area contributed by atoms with Gasteiger partial charge in [0.1, 0.15) is 0 Å². The molecule has 0 amide bonds. The van der Waals surface area contributed by atoms with Gasteiger partial charge in [0.15, 0.2) is 0 Å². The number of rotatable bonds is 27. The fourth-order valence-corrected chi connectivity index (χ4v) is 13.9. The summed E-state index contributed by atoms with van der Waals surface area (Å²) in [6.45, 7) is 9.15. The molecule has 5 aromatic rings. The maximum atomic E-state index is 2.55. The van der Waals surface area contributed by atoms with E-state index < -0.39 is 0 Å². The summed E-state index contributed by atoms with van der Waals surface area (Å²) < 4.78 is 0. The van der Waals surface area contributed by atoms with Gasteiger partial charge in [-0.2, -0.15) is 0 Å². The van der Waals surface area contributed by atoms with Crippen LogP contribution in [0.25, 0.3) is 44.6 Å². The smallest absolute Gasteiger partial charge is 0.0481 e. The molecular formula is C51H68S5. The fourth-order valence-electron chi connectivity index (χ4n) is 8.17. The third kappa shape index (κ3) is 13.0. The molecule has 0 N–H and O–H groups in total. The Kier molecular flexibility index (Phi) is 18.3. The lowest BCUT2D eigenvalue weighted by atomic mass is 10.0. The molecule has 6 rings (SSSR count). The summed E-state index contributed by atoms with van der Waals surface area (Å²) in [4.78, 5) is 14.5. The van der Waals surface area contributed by atoms with E-state index in [4.69, 9.17) is 0 Å². The molecule has 56 heavy (non-hydrogen) atoms. The van der Waals surface area contributed by atoms with Gasteiger partial charge in [-0.25, -0.2) is 0 Å². The van der Waals surface area contributed by atoms with Crippen LogP contribution in [0.1, 0.15) is 176 Å². The van der Waals surface area contributed by atoms with E-state index in [0.29, 0.717) is 0 Å². The maximum Gasteiger partial charge on any atom is 0.0481 e. The molecule has 1 aliphatic carbocycles. The topological polar surface area (TPSA) is 0 Å². The average Bonchev–Trinajstić information content (AvgIpc) is 4.05. The fraction of sp³-hybridized carbons (Fsp3) is 0.529. The molecule has 0 radical (unpaired) electrons. The largest absolute Gasteiger partial charge is 0.139 e. The summed E-state index contributed by atoms with van der Waals surface area (Å²) >= 11 is 10.0. The van der Waals surface area contributed by atoms with Gasteiger partial charge in [0, 0.05) is 48.8 Å². The molecule has 5 heterocycles. The molecule has 5 aromatic heterocycles. The third-order valence-corrected chi connectivity index (χ3v) is 17.8. The minimum absolute atomic E-state index is 1.09. The molecule has 0 spiro atoms. The summed E-state index contributed by atoms with van der Waals surface area (Å²) in [6.07, 6.45) is 35.9. The van der Waals surface area contributed by atoms with Crippen molar-refractivity contribution in [3.8, 4) is 39.0 Å². The van der Waals surface area contributed by atoms with E-state index >= 15 is 0 Å². The highest BCUT2D eigenvalue weighted by Gasteiger charge is 2.19. The molecule has 0 unspecified atom stereocenters. The summed E-state index contributed by atoms with van der Waals surface area (Å²) in [5, 5.41) is 0. The normalized spacial score (nSPS) is 12.9. The van der Waals surface area contributed by atoms with Crippen molar-refractivity contribution in [2.45, 2.75) is 175 Å². The Morgan fingerprint density at radius 1 is 0.393 bits per heavy atom. The molecular weight excluding hydrogens is 773 g/mol.